The monoisotopic (exact) mass is 432 g/mol. The van der Waals surface area contributed by atoms with Gasteiger partial charge in [0.1, 0.15) is 0 Å². The highest BCUT2D eigenvalue weighted by atomic mass is 32.2. The summed E-state index contributed by atoms with van der Waals surface area (Å²) < 4.78 is 6.95. The van der Waals surface area contributed by atoms with E-state index in [4.69, 9.17) is 4.74 Å². The summed E-state index contributed by atoms with van der Waals surface area (Å²) in [7, 11) is 1.56. The van der Waals surface area contributed by atoms with Crippen molar-refractivity contribution in [1.82, 2.24) is 30.5 Å². The Bertz CT molecular complexity index is 1170. The van der Waals surface area contributed by atoms with E-state index in [2.05, 4.69) is 25.8 Å². The van der Waals surface area contributed by atoms with E-state index in [0.29, 0.717) is 29.6 Å². The molecule has 1 amide bonds. The van der Waals surface area contributed by atoms with Crippen molar-refractivity contribution >= 4 is 17.7 Å². The van der Waals surface area contributed by atoms with Crippen LogP contribution in [-0.2, 0) is 12.3 Å². The number of nitrogens with zero attached hydrogens (tertiary/aromatic N) is 5. The minimum absolute atomic E-state index is 0.170. The fraction of sp³-hybridized carbons (Fsp3) is 0.136. The van der Waals surface area contributed by atoms with Gasteiger partial charge in [-0.15, -0.1) is 16.9 Å². The third-order valence-electron chi connectivity index (χ3n) is 4.51. The summed E-state index contributed by atoms with van der Waals surface area (Å²) in [6, 6.07) is 20.9. The van der Waals surface area contributed by atoms with Crippen molar-refractivity contribution in [2.45, 2.75) is 17.2 Å². The molecule has 0 saturated heterocycles. The lowest BCUT2D eigenvalue weighted by Crippen LogP contribution is -2.23. The predicted molar refractivity (Wildman–Crippen MR) is 117 cm³/mol. The van der Waals surface area contributed by atoms with Crippen LogP contribution < -0.4 is 10.1 Å². The third-order valence-corrected chi connectivity index (χ3v) is 5.58. The molecule has 8 nitrogen and oxygen atoms in total. The van der Waals surface area contributed by atoms with E-state index >= 15 is 0 Å². The molecular formula is C22H20N6O2S. The molecule has 0 spiro atoms. The summed E-state index contributed by atoms with van der Waals surface area (Å²) in [5.41, 5.74) is 2.29. The zero-order chi connectivity index (χ0) is 21.5. The number of carbonyl (C=O) groups is 1. The SMILES string of the molecule is COc1ncccc1CNC(=O)c1ccccc1SCc1nnnn1-c1ccccc1. The number of thioether (sulfide) groups is 1. The van der Waals surface area contributed by atoms with E-state index < -0.39 is 0 Å². The number of rotatable bonds is 8. The van der Waals surface area contributed by atoms with E-state index in [-0.39, 0.29) is 5.91 Å². The highest BCUT2D eigenvalue weighted by molar-refractivity contribution is 7.98. The Morgan fingerprint density at radius 1 is 1.06 bits per heavy atom. The lowest BCUT2D eigenvalue weighted by molar-refractivity contribution is 0.0947. The molecule has 2 heterocycles. The zero-order valence-electron chi connectivity index (χ0n) is 16.8. The van der Waals surface area contributed by atoms with Crippen LogP contribution in [-0.4, -0.2) is 38.2 Å². The number of ether oxygens (including phenoxy) is 1. The number of hydrogen-bond donors (Lipinski definition) is 1. The van der Waals surface area contributed by atoms with Crippen molar-refractivity contribution in [1.29, 1.82) is 0 Å². The Balaban J connectivity index is 1.46. The lowest BCUT2D eigenvalue weighted by Gasteiger charge is -2.11. The minimum Gasteiger partial charge on any atom is -0.481 e. The fourth-order valence-electron chi connectivity index (χ4n) is 3.00. The number of benzene rings is 2. The van der Waals surface area contributed by atoms with Crippen molar-refractivity contribution in [3.8, 4) is 11.6 Å². The quantitative estimate of drug-likeness (QED) is 0.427. The third kappa shape index (κ3) is 4.89. The number of nitrogens with one attached hydrogen (secondary N) is 1. The average molecular weight is 433 g/mol. The largest absolute Gasteiger partial charge is 0.481 e. The summed E-state index contributed by atoms with van der Waals surface area (Å²) in [5.74, 6) is 1.55. The van der Waals surface area contributed by atoms with Gasteiger partial charge < -0.3 is 10.1 Å². The van der Waals surface area contributed by atoms with Crippen molar-refractivity contribution in [2.75, 3.05) is 7.11 Å². The van der Waals surface area contributed by atoms with E-state index in [9.17, 15) is 4.79 Å². The van der Waals surface area contributed by atoms with Crippen LogP contribution in [0.25, 0.3) is 5.69 Å². The Kier molecular flexibility index (Phi) is 6.53. The van der Waals surface area contributed by atoms with Crippen molar-refractivity contribution in [3.63, 3.8) is 0 Å². The highest BCUT2D eigenvalue weighted by Gasteiger charge is 2.15. The first-order valence-corrected chi connectivity index (χ1v) is 10.6. The van der Waals surface area contributed by atoms with E-state index in [1.54, 1.807) is 24.1 Å². The molecule has 0 aliphatic heterocycles. The maximum absolute atomic E-state index is 12.9. The topological polar surface area (TPSA) is 94.8 Å². The summed E-state index contributed by atoms with van der Waals surface area (Å²) in [5, 5.41) is 15.0. The Labute approximate surface area is 183 Å². The number of aromatic nitrogens is 5. The molecule has 0 atom stereocenters. The van der Waals surface area contributed by atoms with Gasteiger partial charge in [-0.3, -0.25) is 4.79 Å². The molecule has 0 bridgehead atoms. The number of tetrazole rings is 1. The molecule has 9 heteroatoms. The van der Waals surface area contributed by atoms with Crippen LogP contribution in [0.15, 0.2) is 77.8 Å². The number of para-hydroxylation sites is 1. The van der Waals surface area contributed by atoms with Crippen LogP contribution in [0.5, 0.6) is 5.88 Å². The normalized spacial score (nSPS) is 10.6. The van der Waals surface area contributed by atoms with Gasteiger partial charge in [-0.2, -0.15) is 4.68 Å². The average Bonchev–Trinajstić information content (AvgIpc) is 3.31. The number of amides is 1. The van der Waals surface area contributed by atoms with Gasteiger partial charge in [-0.25, -0.2) is 4.98 Å². The first-order valence-electron chi connectivity index (χ1n) is 9.57. The van der Waals surface area contributed by atoms with E-state index in [1.165, 1.54) is 11.8 Å². The van der Waals surface area contributed by atoms with E-state index in [1.807, 2.05) is 60.7 Å². The molecular weight excluding hydrogens is 412 g/mol. The van der Waals surface area contributed by atoms with Gasteiger partial charge in [0.25, 0.3) is 5.91 Å². The second-order valence-corrected chi connectivity index (χ2v) is 7.50. The van der Waals surface area contributed by atoms with Crippen LogP contribution in [0.3, 0.4) is 0 Å². The van der Waals surface area contributed by atoms with Gasteiger partial charge in [0.2, 0.25) is 5.88 Å². The molecule has 156 valence electrons. The van der Waals surface area contributed by atoms with Crippen LogP contribution in [0.4, 0.5) is 0 Å². The van der Waals surface area contributed by atoms with Gasteiger partial charge >= 0.3 is 0 Å². The molecule has 0 unspecified atom stereocenters. The second-order valence-electron chi connectivity index (χ2n) is 6.48. The van der Waals surface area contributed by atoms with Crippen LogP contribution in [0.1, 0.15) is 21.7 Å². The van der Waals surface area contributed by atoms with Crippen LogP contribution in [0, 0.1) is 0 Å². The zero-order valence-corrected chi connectivity index (χ0v) is 17.6. The fourth-order valence-corrected chi connectivity index (χ4v) is 3.96. The highest BCUT2D eigenvalue weighted by Crippen LogP contribution is 2.26. The van der Waals surface area contributed by atoms with Gasteiger partial charge in [0, 0.05) is 23.2 Å². The number of methoxy groups -OCH3 is 1. The van der Waals surface area contributed by atoms with Gasteiger partial charge in [-0.1, -0.05) is 36.4 Å². The smallest absolute Gasteiger partial charge is 0.252 e. The summed E-state index contributed by atoms with van der Waals surface area (Å²) in [6.45, 7) is 0.321. The molecule has 0 radical (unpaired) electrons. The molecule has 0 saturated carbocycles. The van der Waals surface area contributed by atoms with Gasteiger partial charge in [-0.05, 0) is 40.8 Å². The number of carbonyl (C=O) groups excluding carboxylic acids is 1. The Morgan fingerprint density at radius 2 is 1.87 bits per heavy atom. The minimum atomic E-state index is -0.170. The van der Waals surface area contributed by atoms with Crippen LogP contribution >= 0.6 is 11.8 Å². The molecule has 31 heavy (non-hydrogen) atoms. The predicted octanol–water partition coefficient (Wildman–Crippen LogP) is 3.29. The summed E-state index contributed by atoms with van der Waals surface area (Å²) in [4.78, 5) is 17.9. The van der Waals surface area contributed by atoms with Crippen molar-refractivity contribution in [3.05, 3.63) is 89.9 Å². The first kappa shape index (κ1) is 20.5. The molecule has 1 N–H and O–H groups in total. The Hall–Kier alpha value is -3.72. The summed E-state index contributed by atoms with van der Waals surface area (Å²) in [6.07, 6.45) is 1.65. The maximum Gasteiger partial charge on any atom is 0.252 e. The van der Waals surface area contributed by atoms with Gasteiger partial charge in [0.05, 0.1) is 24.1 Å². The molecule has 0 aliphatic carbocycles. The maximum atomic E-state index is 12.9. The molecule has 2 aromatic carbocycles. The van der Waals surface area contributed by atoms with Crippen molar-refractivity contribution < 1.29 is 9.53 Å². The number of hydrogen-bond acceptors (Lipinski definition) is 7. The van der Waals surface area contributed by atoms with Gasteiger partial charge in [0.15, 0.2) is 5.82 Å². The molecule has 0 fully saturated rings. The van der Waals surface area contributed by atoms with Crippen molar-refractivity contribution in [2.24, 2.45) is 0 Å². The Morgan fingerprint density at radius 3 is 2.71 bits per heavy atom. The molecule has 4 aromatic rings. The van der Waals surface area contributed by atoms with Crippen LogP contribution in [0.2, 0.25) is 0 Å². The first-order chi connectivity index (χ1) is 15.3. The molecule has 0 aliphatic rings. The summed E-state index contributed by atoms with van der Waals surface area (Å²) >= 11 is 1.51. The lowest BCUT2D eigenvalue weighted by atomic mass is 10.2. The second kappa shape index (κ2) is 9.86. The standard InChI is InChI=1S/C22H20N6O2S/c1-30-22-16(8-7-13-23-22)14-24-21(29)18-11-5-6-12-19(18)31-15-20-25-26-27-28(20)17-9-3-2-4-10-17/h2-13H,14-15H2,1H3,(H,24,29). The molecule has 4 rings (SSSR count). The number of pyridine rings is 1. The molecule has 2 aromatic heterocycles. The van der Waals surface area contributed by atoms with E-state index in [0.717, 1.165) is 16.1 Å².